The van der Waals surface area contributed by atoms with E-state index in [0.29, 0.717) is 6.61 Å². The summed E-state index contributed by atoms with van der Waals surface area (Å²) in [6.45, 7) is 10.9. The minimum Gasteiger partial charge on any atom is -0.453 e. The molecule has 0 spiro atoms. The topological polar surface area (TPSA) is 26.3 Å². The van der Waals surface area contributed by atoms with Gasteiger partial charge in [0.05, 0.1) is 0 Å². The maximum absolute atomic E-state index is 11.2. The van der Waals surface area contributed by atoms with Gasteiger partial charge in [-0.2, -0.15) is 0 Å². The first-order chi connectivity index (χ1) is 9.95. The van der Waals surface area contributed by atoms with Crippen molar-refractivity contribution in [3.05, 3.63) is 34.9 Å². The Hall–Kier alpha value is -0.960. The summed E-state index contributed by atoms with van der Waals surface area (Å²) in [6, 6.07) is 0. The van der Waals surface area contributed by atoms with Crippen molar-refractivity contribution in [2.45, 2.75) is 60.3 Å². The molecule has 21 heavy (non-hydrogen) atoms. The smallest absolute Gasteiger partial charge is 0.367 e. The molecule has 0 aromatic rings. The van der Waals surface area contributed by atoms with Crippen molar-refractivity contribution in [1.29, 1.82) is 0 Å². The maximum Gasteiger partial charge on any atom is 0.367 e. The molecule has 0 saturated heterocycles. The van der Waals surface area contributed by atoms with Gasteiger partial charge in [0.2, 0.25) is 0 Å². The van der Waals surface area contributed by atoms with Crippen molar-refractivity contribution >= 4 is 17.1 Å². The molecule has 120 valence electrons. The van der Waals surface area contributed by atoms with Gasteiger partial charge in [-0.25, -0.2) is 4.79 Å². The number of allylic oxidation sites excluding steroid dienone is 5. The number of rotatable bonds is 9. The standard InChI is InChI=1S/C18H30O2S/c1-6-21-18(19)20-14-13-17(5)12-8-11-16(4)10-7-9-15(2)3/h9,11,13H,6-8,10,12,14H2,1-5H3/b16-11+,17-13+. The fraction of sp³-hybridized carbons (Fsp3) is 0.611. The third kappa shape index (κ3) is 13.8. The summed E-state index contributed by atoms with van der Waals surface area (Å²) in [5.74, 6) is 0.762. The highest BCUT2D eigenvalue weighted by Gasteiger charge is 1.99. The number of hydrogen-bond acceptors (Lipinski definition) is 3. The van der Waals surface area contributed by atoms with Crippen molar-refractivity contribution in [2.75, 3.05) is 12.4 Å². The highest BCUT2D eigenvalue weighted by molar-refractivity contribution is 8.13. The van der Waals surface area contributed by atoms with Gasteiger partial charge < -0.3 is 4.74 Å². The summed E-state index contributed by atoms with van der Waals surface area (Å²) >= 11 is 1.21. The molecular formula is C18H30O2S. The minimum atomic E-state index is -0.184. The van der Waals surface area contributed by atoms with E-state index in [0.717, 1.165) is 31.4 Å². The normalized spacial score (nSPS) is 12.2. The summed E-state index contributed by atoms with van der Waals surface area (Å²) in [7, 11) is 0. The zero-order valence-corrected chi connectivity index (χ0v) is 15.0. The number of carbonyl (C=O) groups is 1. The average Bonchev–Trinajstić information content (AvgIpc) is 2.38. The first-order valence-electron chi connectivity index (χ1n) is 7.69. The van der Waals surface area contributed by atoms with E-state index in [2.05, 4.69) is 39.8 Å². The predicted molar refractivity (Wildman–Crippen MR) is 94.9 cm³/mol. The van der Waals surface area contributed by atoms with Gasteiger partial charge in [0.15, 0.2) is 0 Å². The molecule has 0 bridgehead atoms. The summed E-state index contributed by atoms with van der Waals surface area (Å²) in [6.07, 6.45) is 10.9. The third-order valence-corrected chi connectivity index (χ3v) is 3.66. The van der Waals surface area contributed by atoms with Crippen LogP contribution in [0.5, 0.6) is 0 Å². The molecule has 0 heterocycles. The second-order valence-electron chi connectivity index (χ2n) is 5.45. The molecule has 0 unspecified atom stereocenters. The van der Waals surface area contributed by atoms with Gasteiger partial charge in [0.25, 0.3) is 0 Å². The van der Waals surface area contributed by atoms with Gasteiger partial charge in [0.1, 0.15) is 6.61 Å². The van der Waals surface area contributed by atoms with Crippen LogP contribution >= 0.6 is 11.8 Å². The second-order valence-corrected chi connectivity index (χ2v) is 6.65. The van der Waals surface area contributed by atoms with Crippen molar-refractivity contribution in [3.63, 3.8) is 0 Å². The Morgan fingerprint density at radius 3 is 2.10 bits per heavy atom. The lowest BCUT2D eigenvalue weighted by atomic mass is 10.1. The molecule has 0 fully saturated rings. The molecule has 0 amide bonds. The van der Waals surface area contributed by atoms with Crippen LogP contribution in [-0.2, 0) is 4.74 Å². The summed E-state index contributed by atoms with van der Waals surface area (Å²) in [4.78, 5) is 11.2. The quantitative estimate of drug-likeness (QED) is 0.369. The van der Waals surface area contributed by atoms with Gasteiger partial charge in [-0.1, -0.05) is 35.8 Å². The molecule has 3 heteroatoms. The monoisotopic (exact) mass is 310 g/mol. The van der Waals surface area contributed by atoms with Crippen LogP contribution in [0, 0.1) is 0 Å². The van der Waals surface area contributed by atoms with Gasteiger partial charge in [0, 0.05) is 5.75 Å². The maximum atomic E-state index is 11.2. The van der Waals surface area contributed by atoms with Gasteiger partial charge in [-0.05, 0) is 71.2 Å². The van der Waals surface area contributed by atoms with E-state index in [1.54, 1.807) is 0 Å². The van der Waals surface area contributed by atoms with Crippen molar-refractivity contribution in [2.24, 2.45) is 0 Å². The lowest BCUT2D eigenvalue weighted by Crippen LogP contribution is -1.98. The van der Waals surface area contributed by atoms with E-state index in [9.17, 15) is 4.79 Å². The molecule has 0 N–H and O–H groups in total. The Bertz CT molecular complexity index is 388. The summed E-state index contributed by atoms with van der Waals surface area (Å²) in [5, 5.41) is -0.184. The molecule has 0 aromatic carbocycles. The highest BCUT2D eigenvalue weighted by Crippen LogP contribution is 2.11. The first kappa shape index (κ1) is 20.0. The lowest BCUT2D eigenvalue weighted by molar-refractivity contribution is 0.187. The Labute approximate surface area is 134 Å². The Morgan fingerprint density at radius 2 is 1.52 bits per heavy atom. The van der Waals surface area contributed by atoms with Crippen LogP contribution in [0.1, 0.15) is 60.3 Å². The number of hydrogen-bond donors (Lipinski definition) is 0. The van der Waals surface area contributed by atoms with E-state index in [4.69, 9.17) is 4.74 Å². The molecule has 0 aliphatic heterocycles. The number of ether oxygens (including phenoxy) is 1. The summed E-state index contributed by atoms with van der Waals surface area (Å²) < 4.78 is 5.08. The Balaban J connectivity index is 3.88. The van der Waals surface area contributed by atoms with Crippen LogP contribution in [0.4, 0.5) is 4.79 Å². The van der Waals surface area contributed by atoms with E-state index in [1.165, 1.54) is 28.5 Å². The lowest BCUT2D eigenvalue weighted by Gasteiger charge is -2.03. The fourth-order valence-electron chi connectivity index (χ4n) is 1.75. The molecule has 0 aliphatic rings. The van der Waals surface area contributed by atoms with Crippen molar-refractivity contribution in [3.8, 4) is 0 Å². The van der Waals surface area contributed by atoms with Gasteiger partial charge >= 0.3 is 5.30 Å². The predicted octanol–water partition coefficient (Wildman–Crippen LogP) is 6.30. The van der Waals surface area contributed by atoms with Gasteiger partial charge in [-0.3, -0.25) is 0 Å². The number of thioether (sulfide) groups is 1. The fourth-order valence-corrected chi connectivity index (χ4v) is 2.14. The first-order valence-corrected chi connectivity index (χ1v) is 8.68. The molecule has 0 aliphatic carbocycles. The van der Waals surface area contributed by atoms with E-state index < -0.39 is 0 Å². The van der Waals surface area contributed by atoms with E-state index in [1.807, 2.05) is 13.0 Å². The van der Waals surface area contributed by atoms with Crippen LogP contribution in [0.15, 0.2) is 34.9 Å². The van der Waals surface area contributed by atoms with E-state index >= 15 is 0 Å². The Morgan fingerprint density at radius 1 is 0.952 bits per heavy atom. The number of carbonyl (C=O) groups excluding carboxylic acids is 1. The van der Waals surface area contributed by atoms with Gasteiger partial charge in [-0.15, -0.1) is 0 Å². The van der Waals surface area contributed by atoms with Crippen LogP contribution < -0.4 is 0 Å². The zero-order valence-electron chi connectivity index (χ0n) is 14.2. The van der Waals surface area contributed by atoms with Crippen LogP contribution in [0.25, 0.3) is 0 Å². The molecule has 0 aromatic heterocycles. The Kier molecular flexibility index (Phi) is 12.2. The SMILES string of the molecule is CCSC(=O)OC/C=C(\C)CC/C=C(\C)CCC=C(C)C. The average molecular weight is 311 g/mol. The third-order valence-electron chi connectivity index (χ3n) is 3.02. The molecule has 0 radical (unpaired) electrons. The summed E-state index contributed by atoms with van der Waals surface area (Å²) in [5.41, 5.74) is 4.11. The second kappa shape index (κ2) is 12.8. The molecule has 2 nitrogen and oxygen atoms in total. The molecule has 0 atom stereocenters. The largest absolute Gasteiger partial charge is 0.453 e. The molecule has 0 saturated carbocycles. The molecular weight excluding hydrogens is 280 g/mol. The molecule has 0 rings (SSSR count). The van der Waals surface area contributed by atoms with Crippen LogP contribution in [0.3, 0.4) is 0 Å². The van der Waals surface area contributed by atoms with Crippen molar-refractivity contribution < 1.29 is 9.53 Å². The minimum absolute atomic E-state index is 0.184. The zero-order chi connectivity index (χ0) is 16.1. The van der Waals surface area contributed by atoms with E-state index in [-0.39, 0.29) is 5.30 Å². The van der Waals surface area contributed by atoms with Crippen LogP contribution in [0.2, 0.25) is 0 Å². The highest BCUT2D eigenvalue weighted by atomic mass is 32.2. The van der Waals surface area contributed by atoms with Crippen LogP contribution in [-0.4, -0.2) is 17.7 Å². The van der Waals surface area contributed by atoms with Crippen molar-refractivity contribution in [1.82, 2.24) is 0 Å².